The molecule has 2 aliphatic rings. The Labute approximate surface area is 238 Å². The molecule has 12 heteroatoms. The molecule has 1 saturated heterocycles. The van der Waals surface area contributed by atoms with E-state index in [-0.39, 0.29) is 5.91 Å². The van der Waals surface area contributed by atoms with Crippen molar-refractivity contribution in [1.29, 1.82) is 0 Å². The number of nitrogens with one attached hydrogen (secondary N) is 1. The lowest BCUT2D eigenvalue weighted by Crippen LogP contribution is -2.38. The molecular formula is C29H34N6O6. The fraction of sp³-hybridized carbons (Fsp3) is 0.379. The van der Waals surface area contributed by atoms with Gasteiger partial charge in [-0.15, -0.1) is 0 Å². The molecule has 2 aromatic carbocycles. The summed E-state index contributed by atoms with van der Waals surface area (Å²) in [6, 6.07) is 10.7. The van der Waals surface area contributed by atoms with Crippen molar-refractivity contribution in [3.05, 3.63) is 53.9 Å². The molecule has 1 aromatic heterocycles. The van der Waals surface area contributed by atoms with Crippen LogP contribution >= 0.6 is 0 Å². The minimum absolute atomic E-state index is 0.0302. The fourth-order valence-electron chi connectivity index (χ4n) is 4.72. The van der Waals surface area contributed by atoms with E-state index in [1.54, 1.807) is 64.8 Å². The van der Waals surface area contributed by atoms with Crippen LogP contribution in [0, 0.1) is 0 Å². The van der Waals surface area contributed by atoms with Crippen molar-refractivity contribution in [2.24, 2.45) is 0 Å². The predicted octanol–water partition coefficient (Wildman–Crippen LogP) is 3.42. The van der Waals surface area contributed by atoms with E-state index in [1.807, 2.05) is 11.0 Å². The highest BCUT2D eigenvalue weighted by molar-refractivity contribution is 5.94. The molecule has 3 heterocycles. The number of hydrogen-bond acceptors (Lipinski definition) is 11. The Kier molecular flexibility index (Phi) is 8.68. The summed E-state index contributed by atoms with van der Waals surface area (Å²) < 4.78 is 27.2. The smallest absolute Gasteiger partial charge is 0.254 e. The van der Waals surface area contributed by atoms with E-state index in [4.69, 9.17) is 38.6 Å². The third-order valence-corrected chi connectivity index (χ3v) is 6.96. The van der Waals surface area contributed by atoms with E-state index in [9.17, 15) is 4.79 Å². The van der Waals surface area contributed by atoms with E-state index in [2.05, 4.69) is 10.2 Å². The van der Waals surface area contributed by atoms with Gasteiger partial charge in [0.2, 0.25) is 17.6 Å². The normalized spacial score (nSPS) is 15.2. The van der Waals surface area contributed by atoms with E-state index < -0.39 is 0 Å². The van der Waals surface area contributed by atoms with Crippen LogP contribution in [0.1, 0.15) is 22.6 Å². The van der Waals surface area contributed by atoms with Gasteiger partial charge in [0.1, 0.15) is 5.75 Å². The van der Waals surface area contributed by atoms with Crippen molar-refractivity contribution in [3.8, 4) is 23.0 Å². The summed E-state index contributed by atoms with van der Waals surface area (Å²) >= 11 is 0. The van der Waals surface area contributed by atoms with Gasteiger partial charge in [-0.3, -0.25) is 4.79 Å². The first-order valence-corrected chi connectivity index (χ1v) is 13.3. The Morgan fingerprint density at radius 2 is 1.59 bits per heavy atom. The van der Waals surface area contributed by atoms with Crippen LogP contribution in [0.15, 0.2) is 42.5 Å². The molecule has 0 unspecified atom stereocenters. The number of amides is 1. The highest BCUT2D eigenvalue weighted by Gasteiger charge is 2.23. The van der Waals surface area contributed by atoms with Crippen LogP contribution in [0.4, 0.5) is 17.6 Å². The molecule has 1 fully saturated rings. The Bertz CT molecular complexity index is 1380. The maximum absolute atomic E-state index is 13.1. The Balaban J connectivity index is 1.42. The first kappa shape index (κ1) is 28.0. The minimum Gasteiger partial charge on any atom is -0.497 e. The monoisotopic (exact) mass is 562 g/mol. The van der Waals surface area contributed by atoms with Gasteiger partial charge >= 0.3 is 0 Å². The SMILES string of the molecule is COc1ccc(C(=O)N2CC=C(c3nc(Nc4cc(OC)c(OC)c(OC)c4)nc(N4CCOCC4)n3)CC2)cc1. The highest BCUT2D eigenvalue weighted by Crippen LogP contribution is 2.40. The first-order valence-electron chi connectivity index (χ1n) is 13.3. The third-order valence-electron chi connectivity index (χ3n) is 6.96. The van der Waals surface area contributed by atoms with E-state index in [0.717, 1.165) is 5.57 Å². The lowest BCUT2D eigenvalue weighted by atomic mass is 10.1. The summed E-state index contributed by atoms with van der Waals surface area (Å²) in [4.78, 5) is 31.3. The Morgan fingerprint density at radius 3 is 2.17 bits per heavy atom. The molecule has 12 nitrogen and oxygen atoms in total. The summed E-state index contributed by atoms with van der Waals surface area (Å²) in [7, 11) is 6.29. The molecule has 3 aromatic rings. The molecule has 0 radical (unpaired) electrons. The van der Waals surface area contributed by atoms with Crippen molar-refractivity contribution in [2.45, 2.75) is 6.42 Å². The number of benzene rings is 2. The molecular weight excluding hydrogens is 528 g/mol. The van der Waals surface area contributed by atoms with Gasteiger partial charge < -0.3 is 38.8 Å². The minimum atomic E-state index is -0.0302. The summed E-state index contributed by atoms with van der Waals surface area (Å²) in [5.41, 5.74) is 2.24. The number of anilines is 3. The standard InChI is InChI=1S/C29H34N6O6/c1-37-22-7-5-20(6-8-22)27(36)34-11-9-19(10-12-34)26-31-28(33-29(32-26)35-13-15-41-16-14-35)30-21-17-23(38-2)25(40-4)24(18-21)39-3/h5-9,17-18H,10-16H2,1-4H3,(H,30,31,32,33). The lowest BCUT2D eigenvalue weighted by Gasteiger charge is -2.28. The average Bonchev–Trinajstić information content (AvgIpc) is 3.04. The van der Waals surface area contributed by atoms with Gasteiger partial charge in [-0.1, -0.05) is 6.08 Å². The first-order chi connectivity index (χ1) is 20.0. The second-order valence-corrected chi connectivity index (χ2v) is 9.38. The Hall–Kier alpha value is -4.58. The number of methoxy groups -OCH3 is 4. The van der Waals surface area contributed by atoms with Crippen LogP contribution in [0.3, 0.4) is 0 Å². The number of carbonyl (C=O) groups is 1. The lowest BCUT2D eigenvalue weighted by molar-refractivity contribution is 0.0772. The van der Waals surface area contributed by atoms with Crippen molar-refractivity contribution < 1.29 is 28.5 Å². The molecule has 2 aliphatic heterocycles. The van der Waals surface area contributed by atoms with Gasteiger partial charge in [-0.25, -0.2) is 0 Å². The summed E-state index contributed by atoms with van der Waals surface area (Å²) in [6.07, 6.45) is 2.62. The van der Waals surface area contributed by atoms with Crippen molar-refractivity contribution in [3.63, 3.8) is 0 Å². The van der Waals surface area contributed by atoms with Gasteiger partial charge in [0.15, 0.2) is 17.3 Å². The van der Waals surface area contributed by atoms with Gasteiger partial charge in [0.25, 0.3) is 5.91 Å². The predicted molar refractivity (Wildman–Crippen MR) is 154 cm³/mol. The number of rotatable bonds is 9. The van der Waals surface area contributed by atoms with Crippen LogP contribution < -0.4 is 29.2 Å². The molecule has 1 N–H and O–H groups in total. The van der Waals surface area contributed by atoms with Gasteiger partial charge in [-0.2, -0.15) is 15.0 Å². The molecule has 0 bridgehead atoms. The van der Waals surface area contributed by atoms with Crippen molar-refractivity contribution >= 4 is 29.1 Å². The van der Waals surface area contributed by atoms with Gasteiger partial charge in [-0.05, 0) is 36.3 Å². The summed E-state index contributed by atoms with van der Waals surface area (Å²) in [6.45, 7) is 3.55. The number of hydrogen-bond donors (Lipinski definition) is 1. The maximum atomic E-state index is 13.1. The molecule has 0 atom stereocenters. The fourth-order valence-corrected chi connectivity index (χ4v) is 4.72. The van der Waals surface area contributed by atoms with E-state index in [0.29, 0.717) is 97.8 Å². The van der Waals surface area contributed by atoms with E-state index in [1.165, 1.54) is 0 Å². The molecule has 0 spiro atoms. The number of aromatic nitrogens is 3. The molecule has 216 valence electrons. The topological polar surface area (TPSA) is 120 Å². The van der Waals surface area contributed by atoms with E-state index >= 15 is 0 Å². The molecule has 41 heavy (non-hydrogen) atoms. The number of carbonyl (C=O) groups excluding carboxylic acids is 1. The van der Waals surface area contributed by atoms with Crippen molar-refractivity contribution in [2.75, 3.05) is 78.0 Å². The molecule has 0 aliphatic carbocycles. The largest absolute Gasteiger partial charge is 0.497 e. The second kappa shape index (κ2) is 12.7. The number of ether oxygens (including phenoxy) is 5. The number of nitrogens with zero attached hydrogens (tertiary/aromatic N) is 5. The number of morpholine rings is 1. The summed E-state index contributed by atoms with van der Waals surface area (Å²) in [5, 5.41) is 3.28. The maximum Gasteiger partial charge on any atom is 0.254 e. The van der Waals surface area contributed by atoms with Crippen LogP contribution in [-0.4, -0.2) is 93.6 Å². The van der Waals surface area contributed by atoms with Gasteiger partial charge in [0.05, 0.1) is 41.7 Å². The molecule has 1 amide bonds. The average molecular weight is 563 g/mol. The zero-order chi connectivity index (χ0) is 28.8. The second-order valence-electron chi connectivity index (χ2n) is 9.38. The summed E-state index contributed by atoms with van der Waals surface area (Å²) in [5.74, 6) is 3.69. The van der Waals surface area contributed by atoms with Crippen LogP contribution in [0.5, 0.6) is 23.0 Å². The van der Waals surface area contributed by atoms with Crippen LogP contribution in [-0.2, 0) is 4.74 Å². The zero-order valence-corrected chi connectivity index (χ0v) is 23.7. The van der Waals surface area contributed by atoms with Crippen LogP contribution in [0.25, 0.3) is 5.57 Å². The van der Waals surface area contributed by atoms with Crippen LogP contribution in [0.2, 0.25) is 0 Å². The zero-order valence-electron chi connectivity index (χ0n) is 23.7. The third kappa shape index (κ3) is 6.27. The van der Waals surface area contributed by atoms with Gasteiger partial charge in [0, 0.05) is 49.6 Å². The Morgan fingerprint density at radius 1 is 0.878 bits per heavy atom. The highest BCUT2D eigenvalue weighted by atomic mass is 16.5. The van der Waals surface area contributed by atoms with Crippen molar-refractivity contribution in [1.82, 2.24) is 19.9 Å². The molecule has 0 saturated carbocycles. The quantitative estimate of drug-likeness (QED) is 0.413. The molecule has 5 rings (SSSR count).